The van der Waals surface area contributed by atoms with Crippen LogP contribution in [0.5, 0.6) is 0 Å². The van der Waals surface area contributed by atoms with Crippen molar-refractivity contribution in [1.29, 1.82) is 0 Å². The number of carbonyl (C=O) groups excluding carboxylic acids is 3. The molecule has 0 spiro atoms. The molecule has 98 valence electrons. The smallest absolute Gasteiger partial charge is 0.348 e. The Hall–Kier alpha value is -1.39. The van der Waals surface area contributed by atoms with Crippen LogP contribution in [0, 0.1) is 5.92 Å². The van der Waals surface area contributed by atoms with Gasteiger partial charge in [0.25, 0.3) is 0 Å². The summed E-state index contributed by atoms with van der Waals surface area (Å²) in [5.74, 6) is -1.95. The van der Waals surface area contributed by atoms with E-state index in [1.54, 1.807) is 27.7 Å². The lowest BCUT2D eigenvalue weighted by molar-refractivity contribution is -0.179. The van der Waals surface area contributed by atoms with Gasteiger partial charge in [0.1, 0.15) is 11.9 Å². The van der Waals surface area contributed by atoms with E-state index in [4.69, 9.17) is 9.47 Å². The fourth-order valence-electron chi connectivity index (χ4n) is 1.03. The Morgan fingerprint density at radius 3 is 2.18 bits per heavy atom. The van der Waals surface area contributed by atoms with Crippen molar-refractivity contribution in [2.24, 2.45) is 5.92 Å². The summed E-state index contributed by atoms with van der Waals surface area (Å²) in [7, 11) is 0. The van der Waals surface area contributed by atoms with Crippen molar-refractivity contribution < 1.29 is 23.9 Å². The van der Waals surface area contributed by atoms with Gasteiger partial charge in [-0.05, 0) is 20.8 Å². The van der Waals surface area contributed by atoms with Crippen molar-refractivity contribution in [2.75, 3.05) is 0 Å². The predicted octanol–water partition coefficient (Wildman–Crippen LogP) is 1.48. The maximum absolute atomic E-state index is 11.8. The van der Waals surface area contributed by atoms with Gasteiger partial charge in [0.2, 0.25) is 6.10 Å². The molecule has 0 saturated carbocycles. The van der Waals surface area contributed by atoms with Crippen LogP contribution in [0.4, 0.5) is 0 Å². The molecule has 0 aromatic heterocycles. The van der Waals surface area contributed by atoms with Gasteiger partial charge in [-0.2, -0.15) is 0 Å². The van der Waals surface area contributed by atoms with E-state index in [9.17, 15) is 14.4 Å². The van der Waals surface area contributed by atoms with Crippen LogP contribution in [0.3, 0.4) is 0 Å². The number of carbonyl (C=O) groups is 3. The largest absolute Gasteiger partial charge is 0.457 e. The summed E-state index contributed by atoms with van der Waals surface area (Å²) in [4.78, 5) is 33.6. The highest BCUT2D eigenvalue weighted by Crippen LogP contribution is 2.14. The molecule has 0 N–H and O–H groups in total. The van der Waals surface area contributed by atoms with Gasteiger partial charge in [-0.1, -0.05) is 13.8 Å². The molecular formula is C12H20O5. The average Bonchev–Trinajstić information content (AvgIpc) is 2.21. The number of rotatable bonds is 5. The molecule has 0 radical (unpaired) electrons. The minimum absolute atomic E-state index is 0.144. The van der Waals surface area contributed by atoms with Crippen LogP contribution in [0.1, 0.15) is 41.0 Å². The molecule has 0 fully saturated rings. The molecule has 2 atom stereocenters. The van der Waals surface area contributed by atoms with Crippen molar-refractivity contribution >= 4 is 18.2 Å². The maximum atomic E-state index is 11.8. The van der Waals surface area contributed by atoms with E-state index in [1.165, 1.54) is 6.92 Å². The van der Waals surface area contributed by atoms with E-state index in [-0.39, 0.29) is 6.42 Å². The lowest BCUT2D eigenvalue weighted by Gasteiger charge is -2.25. The van der Waals surface area contributed by atoms with Gasteiger partial charge < -0.3 is 14.3 Å². The molecule has 0 heterocycles. The standard InChI is InChI=1S/C12H20O5/c1-6-9(14)16-10(8(2)7-13)11(15)17-12(3,4)5/h7-8,10H,6H2,1-5H3. The molecule has 0 aliphatic rings. The highest BCUT2D eigenvalue weighted by Gasteiger charge is 2.32. The predicted molar refractivity (Wildman–Crippen MR) is 61.2 cm³/mol. The number of aldehydes is 1. The first-order chi connectivity index (χ1) is 7.71. The maximum Gasteiger partial charge on any atom is 0.348 e. The summed E-state index contributed by atoms with van der Waals surface area (Å²) in [5, 5.41) is 0. The van der Waals surface area contributed by atoms with Crippen LogP contribution in [0.25, 0.3) is 0 Å². The Labute approximate surface area is 101 Å². The number of hydrogen-bond donors (Lipinski definition) is 0. The van der Waals surface area contributed by atoms with E-state index in [2.05, 4.69) is 0 Å². The Morgan fingerprint density at radius 2 is 1.82 bits per heavy atom. The van der Waals surface area contributed by atoms with Crippen molar-refractivity contribution in [3.05, 3.63) is 0 Å². The van der Waals surface area contributed by atoms with Crippen LogP contribution < -0.4 is 0 Å². The molecule has 0 amide bonds. The zero-order valence-electron chi connectivity index (χ0n) is 11.0. The van der Waals surface area contributed by atoms with Gasteiger partial charge in [-0.25, -0.2) is 4.79 Å². The fourth-order valence-corrected chi connectivity index (χ4v) is 1.03. The molecule has 0 aromatic rings. The lowest BCUT2D eigenvalue weighted by atomic mass is 10.1. The minimum atomic E-state index is -1.17. The molecule has 0 saturated heterocycles. The van der Waals surface area contributed by atoms with E-state index < -0.39 is 29.6 Å². The van der Waals surface area contributed by atoms with E-state index in [0.717, 1.165) is 0 Å². The first-order valence-electron chi connectivity index (χ1n) is 5.59. The second kappa shape index (κ2) is 6.37. The fraction of sp³-hybridized carbons (Fsp3) is 0.750. The summed E-state index contributed by atoms with van der Waals surface area (Å²) in [6, 6.07) is 0. The van der Waals surface area contributed by atoms with Gasteiger partial charge >= 0.3 is 11.9 Å². The van der Waals surface area contributed by atoms with Crippen molar-refractivity contribution in [1.82, 2.24) is 0 Å². The summed E-state index contributed by atoms with van der Waals surface area (Å²) in [5.41, 5.74) is -0.684. The first-order valence-corrected chi connectivity index (χ1v) is 5.59. The lowest BCUT2D eigenvalue weighted by Crippen LogP contribution is -2.39. The second-order valence-corrected chi connectivity index (χ2v) is 4.79. The van der Waals surface area contributed by atoms with Crippen LogP contribution >= 0.6 is 0 Å². The monoisotopic (exact) mass is 244 g/mol. The zero-order valence-corrected chi connectivity index (χ0v) is 11.0. The molecule has 2 unspecified atom stereocenters. The molecule has 0 aromatic carbocycles. The third kappa shape index (κ3) is 6.04. The highest BCUT2D eigenvalue weighted by atomic mass is 16.6. The highest BCUT2D eigenvalue weighted by molar-refractivity contribution is 5.82. The van der Waals surface area contributed by atoms with Gasteiger partial charge in [0, 0.05) is 6.42 Å². The Bertz CT molecular complexity index is 290. The van der Waals surface area contributed by atoms with E-state index in [1.807, 2.05) is 0 Å². The molecule has 5 heteroatoms. The summed E-state index contributed by atoms with van der Waals surface area (Å²) in [6.07, 6.45) is -0.457. The average molecular weight is 244 g/mol. The molecule has 0 aliphatic heterocycles. The third-order valence-electron chi connectivity index (χ3n) is 1.88. The Morgan fingerprint density at radius 1 is 1.29 bits per heavy atom. The zero-order chi connectivity index (χ0) is 13.6. The summed E-state index contributed by atoms with van der Waals surface area (Å²) < 4.78 is 10.0. The molecule has 0 aliphatic carbocycles. The number of ether oxygens (including phenoxy) is 2. The molecule has 17 heavy (non-hydrogen) atoms. The molecule has 0 bridgehead atoms. The van der Waals surface area contributed by atoms with E-state index >= 15 is 0 Å². The van der Waals surface area contributed by atoms with Gasteiger partial charge in [0.15, 0.2) is 0 Å². The van der Waals surface area contributed by atoms with Crippen LogP contribution in [0.2, 0.25) is 0 Å². The third-order valence-corrected chi connectivity index (χ3v) is 1.88. The number of esters is 2. The molecule has 0 rings (SSSR count). The topological polar surface area (TPSA) is 69.7 Å². The van der Waals surface area contributed by atoms with E-state index in [0.29, 0.717) is 6.29 Å². The number of hydrogen-bond acceptors (Lipinski definition) is 5. The van der Waals surface area contributed by atoms with Gasteiger partial charge in [0.05, 0.1) is 5.92 Å². The second-order valence-electron chi connectivity index (χ2n) is 4.79. The van der Waals surface area contributed by atoms with Crippen molar-refractivity contribution in [3.8, 4) is 0 Å². The first kappa shape index (κ1) is 15.6. The Kier molecular flexibility index (Phi) is 5.85. The van der Waals surface area contributed by atoms with Gasteiger partial charge in [-0.3, -0.25) is 4.79 Å². The molecule has 5 nitrogen and oxygen atoms in total. The normalized spacial score (nSPS) is 14.6. The summed E-state index contributed by atoms with van der Waals surface area (Å²) in [6.45, 7) is 8.23. The van der Waals surface area contributed by atoms with Crippen molar-refractivity contribution in [3.63, 3.8) is 0 Å². The minimum Gasteiger partial charge on any atom is -0.457 e. The SMILES string of the molecule is CCC(=O)OC(C(=O)OC(C)(C)C)C(C)C=O. The van der Waals surface area contributed by atoms with Crippen LogP contribution in [-0.4, -0.2) is 29.9 Å². The Balaban J connectivity index is 4.74. The quantitative estimate of drug-likeness (QED) is 0.541. The molecular weight excluding hydrogens is 224 g/mol. The van der Waals surface area contributed by atoms with Crippen LogP contribution in [-0.2, 0) is 23.9 Å². The van der Waals surface area contributed by atoms with Gasteiger partial charge in [-0.15, -0.1) is 0 Å². The summed E-state index contributed by atoms with van der Waals surface area (Å²) >= 11 is 0. The van der Waals surface area contributed by atoms with Crippen LogP contribution in [0.15, 0.2) is 0 Å². The van der Waals surface area contributed by atoms with Crippen molar-refractivity contribution in [2.45, 2.75) is 52.7 Å².